The molecule has 66 valence electrons. The van der Waals surface area contributed by atoms with E-state index in [4.69, 9.17) is 0 Å². The van der Waals surface area contributed by atoms with Crippen LogP contribution in [0.15, 0.2) is 36.5 Å². The molecule has 0 heterocycles. The summed E-state index contributed by atoms with van der Waals surface area (Å²) in [5.74, 6) is 0. The van der Waals surface area contributed by atoms with E-state index in [2.05, 4.69) is 36.5 Å². The summed E-state index contributed by atoms with van der Waals surface area (Å²) in [5.41, 5.74) is 0. The average Bonchev–Trinajstić information content (AvgIpc) is 2.05. The van der Waals surface area contributed by atoms with Gasteiger partial charge < -0.3 is 0 Å². The summed E-state index contributed by atoms with van der Waals surface area (Å²) in [5, 5.41) is 0. The van der Waals surface area contributed by atoms with Crippen molar-refractivity contribution in [1.29, 1.82) is 0 Å². The van der Waals surface area contributed by atoms with Gasteiger partial charge in [-0.15, -0.1) is 0 Å². The molecule has 0 saturated heterocycles. The van der Waals surface area contributed by atoms with Gasteiger partial charge in [-0.05, 0) is 25.7 Å². The molecule has 0 nitrogen and oxygen atoms in total. The first kappa shape index (κ1) is 9.31. The van der Waals surface area contributed by atoms with Crippen molar-refractivity contribution in [1.82, 2.24) is 0 Å². The molecular weight excluding hydrogens is 144 g/mol. The van der Waals surface area contributed by atoms with E-state index in [0.717, 1.165) is 0 Å². The molecule has 0 spiro atoms. The molecule has 12 heavy (non-hydrogen) atoms. The van der Waals surface area contributed by atoms with E-state index >= 15 is 0 Å². The van der Waals surface area contributed by atoms with Crippen molar-refractivity contribution in [2.24, 2.45) is 0 Å². The maximum Gasteiger partial charge on any atom is -0.0348 e. The summed E-state index contributed by atoms with van der Waals surface area (Å²) in [6, 6.07) is 0. The predicted molar refractivity (Wildman–Crippen MR) is 55.1 cm³/mol. The first-order valence-corrected chi connectivity index (χ1v) is 4.98. The Morgan fingerprint density at radius 2 is 1.00 bits per heavy atom. The maximum atomic E-state index is 2.26. The minimum absolute atomic E-state index is 1.24. The van der Waals surface area contributed by atoms with Gasteiger partial charge in [0.2, 0.25) is 0 Å². The van der Waals surface area contributed by atoms with Crippen LogP contribution in [0.2, 0.25) is 0 Å². The summed E-state index contributed by atoms with van der Waals surface area (Å²) in [7, 11) is 0. The third-order valence-electron chi connectivity index (χ3n) is 2.10. The Morgan fingerprint density at radius 1 is 0.500 bits per heavy atom. The molecule has 0 amide bonds. The molecule has 0 aromatic heterocycles. The molecule has 0 saturated carbocycles. The number of hydrogen-bond acceptors (Lipinski definition) is 0. The number of allylic oxidation sites excluding steroid dienone is 6. The molecule has 0 aliphatic heterocycles. The van der Waals surface area contributed by atoms with Gasteiger partial charge in [-0.3, -0.25) is 0 Å². The molecule has 1 aliphatic rings. The molecule has 1 rings (SSSR count). The Kier molecular flexibility index (Phi) is 5.35. The predicted octanol–water partition coefficient (Wildman–Crippen LogP) is 4.01. The van der Waals surface area contributed by atoms with Crippen LogP contribution in [0.1, 0.15) is 38.5 Å². The van der Waals surface area contributed by atoms with E-state index in [1.165, 1.54) is 38.5 Å². The third kappa shape index (κ3) is 4.95. The van der Waals surface area contributed by atoms with Crippen LogP contribution in [0.3, 0.4) is 0 Å². The van der Waals surface area contributed by atoms with Crippen molar-refractivity contribution in [3.8, 4) is 0 Å². The van der Waals surface area contributed by atoms with Gasteiger partial charge in [-0.25, -0.2) is 0 Å². The molecule has 0 atom stereocenters. The lowest BCUT2D eigenvalue weighted by Gasteiger charge is -1.96. The lowest BCUT2D eigenvalue weighted by Crippen LogP contribution is -1.77. The van der Waals surface area contributed by atoms with Crippen LogP contribution in [0.25, 0.3) is 0 Å². The molecule has 0 unspecified atom stereocenters. The van der Waals surface area contributed by atoms with Crippen molar-refractivity contribution in [3.63, 3.8) is 0 Å². The van der Waals surface area contributed by atoms with Crippen molar-refractivity contribution < 1.29 is 0 Å². The van der Waals surface area contributed by atoms with Crippen molar-refractivity contribution in [2.75, 3.05) is 0 Å². The van der Waals surface area contributed by atoms with Gasteiger partial charge in [-0.1, -0.05) is 49.3 Å². The van der Waals surface area contributed by atoms with Crippen LogP contribution < -0.4 is 0 Å². The van der Waals surface area contributed by atoms with Crippen molar-refractivity contribution >= 4 is 0 Å². The molecular formula is C12H18. The fourth-order valence-electron chi connectivity index (χ4n) is 1.36. The zero-order valence-corrected chi connectivity index (χ0v) is 7.71. The zero-order chi connectivity index (χ0) is 8.49. The highest BCUT2D eigenvalue weighted by Crippen LogP contribution is 2.07. The van der Waals surface area contributed by atoms with E-state index in [0.29, 0.717) is 0 Å². The van der Waals surface area contributed by atoms with Crippen LogP contribution in [0.5, 0.6) is 0 Å². The lowest BCUT2D eigenvalue weighted by atomic mass is 10.1. The largest absolute Gasteiger partial charge is 0.0845 e. The quantitative estimate of drug-likeness (QED) is 0.505. The summed E-state index contributed by atoms with van der Waals surface area (Å²) in [6.45, 7) is 0. The van der Waals surface area contributed by atoms with Crippen LogP contribution in [0.4, 0.5) is 0 Å². The molecule has 0 fully saturated rings. The second kappa shape index (κ2) is 6.90. The van der Waals surface area contributed by atoms with Crippen molar-refractivity contribution in [3.05, 3.63) is 36.5 Å². The average molecular weight is 162 g/mol. The second-order valence-corrected chi connectivity index (χ2v) is 3.23. The zero-order valence-electron chi connectivity index (χ0n) is 7.71. The van der Waals surface area contributed by atoms with E-state index < -0.39 is 0 Å². The highest BCUT2D eigenvalue weighted by Gasteiger charge is 1.87. The monoisotopic (exact) mass is 162 g/mol. The Balaban J connectivity index is 2.32. The minimum atomic E-state index is 1.24. The number of hydrogen-bond donors (Lipinski definition) is 0. The summed E-state index contributed by atoms with van der Waals surface area (Å²) < 4.78 is 0. The van der Waals surface area contributed by atoms with Gasteiger partial charge in [0.25, 0.3) is 0 Å². The summed E-state index contributed by atoms with van der Waals surface area (Å²) in [4.78, 5) is 0. The highest BCUT2D eigenvalue weighted by atomic mass is 13.9. The molecule has 0 aromatic carbocycles. The van der Waals surface area contributed by atoms with E-state index in [1.54, 1.807) is 0 Å². The van der Waals surface area contributed by atoms with Gasteiger partial charge in [0, 0.05) is 0 Å². The number of rotatable bonds is 0. The Hall–Kier alpha value is -0.780. The lowest BCUT2D eigenvalue weighted by molar-refractivity contribution is 0.652. The first-order chi connectivity index (χ1) is 6.00. The molecule has 0 aromatic rings. The summed E-state index contributed by atoms with van der Waals surface area (Å²) >= 11 is 0. The van der Waals surface area contributed by atoms with Gasteiger partial charge in [0.1, 0.15) is 0 Å². The summed E-state index contributed by atoms with van der Waals surface area (Å²) in [6.07, 6.45) is 21.0. The fourth-order valence-corrected chi connectivity index (χ4v) is 1.36. The fraction of sp³-hybridized carbons (Fsp3) is 0.500. The SMILES string of the molecule is C1=C/C=C\CCCCCCC=C1. The van der Waals surface area contributed by atoms with Gasteiger partial charge in [0.05, 0.1) is 0 Å². The Labute approximate surface area is 75.7 Å². The Bertz CT molecular complexity index is 152. The smallest absolute Gasteiger partial charge is 0.0348 e. The maximum absolute atomic E-state index is 2.26. The van der Waals surface area contributed by atoms with Gasteiger partial charge in [-0.2, -0.15) is 0 Å². The van der Waals surface area contributed by atoms with Crippen LogP contribution in [-0.4, -0.2) is 0 Å². The topological polar surface area (TPSA) is 0 Å². The second-order valence-electron chi connectivity index (χ2n) is 3.23. The minimum Gasteiger partial charge on any atom is -0.0845 e. The van der Waals surface area contributed by atoms with Crippen LogP contribution in [0, 0.1) is 0 Å². The molecule has 0 N–H and O–H groups in total. The van der Waals surface area contributed by atoms with Gasteiger partial charge in [0.15, 0.2) is 0 Å². The van der Waals surface area contributed by atoms with Crippen LogP contribution in [-0.2, 0) is 0 Å². The first-order valence-electron chi connectivity index (χ1n) is 4.98. The van der Waals surface area contributed by atoms with E-state index in [1.807, 2.05) is 0 Å². The molecule has 1 aliphatic carbocycles. The Morgan fingerprint density at radius 3 is 1.50 bits per heavy atom. The van der Waals surface area contributed by atoms with Crippen molar-refractivity contribution in [2.45, 2.75) is 38.5 Å². The van der Waals surface area contributed by atoms with E-state index in [9.17, 15) is 0 Å². The molecule has 0 bridgehead atoms. The normalized spacial score (nSPS) is 22.7. The van der Waals surface area contributed by atoms with E-state index in [-0.39, 0.29) is 0 Å². The third-order valence-corrected chi connectivity index (χ3v) is 2.10. The standard InChI is InChI=1S/C12H18/c1-2-4-6-8-10-12-11-9-7-5-3-1/h1-6H,7-12H2/b2-1?,5-3-,6-4?. The molecule has 0 heteroatoms. The van der Waals surface area contributed by atoms with Gasteiger partial charge >= 0.3 is 0 Å². The highest BCUT2D eigenvalue weighted by molar-refractivity contribution is 5.11. The molecule has 0 radical (unpaired) electrons. The van der Waals surface area contributed by atoms with Crippen LogP contribution >= 0.6 is 0 Å².